The maximum atomic E-state index is 11.9. The summed E-state index contributed by atoms with van der Waals surface area (Å²) in [4.78, 5) is 24.8. The molecule has 0 saturated carbocycles. The van der Waals surface area contributed by atoms with Gasteiger partial charge in [0.25, 0.3) is 5.91 Å². The zero-order valence-electron chi connectivity index (χ0n) is 15.2. The number of nitrogens with zero attached hydrogens (tertiary/aromatic N) is 4. The Morgan fingerprint density at radius 2 is 1.82 bits per heavy atom. The fraction of sp³-hybridized carbons (Fsp3) is 0.211. The Balaban J connectivity index is 1.41. The van der Waals surface area contributed by atoms with E-state index in [2.05, 4.69) is 20.7 Å². The SMILES string of the molecule is COc1ccc(CNC(=O)COC(=O)Cn2nnc(-c3ccccc3)n2)cc1. The molecule has 0 radical (unpaired) electrons. The van der Waals surface area contributed by atoms with E-state index in [0.717, 1.165) is 21.7 Å². The third-order valence-electron chi connectivity index (χ3n) is 3.77. The predicted octanol–water partition coefficient (Wildman–Crippen LogP) is 1.21. The number of tetrazole rings is 1. The highest BCUT2D eigenvalue weighted by molar-refractivity contribution is 5.80. The van der Waals surface area contributed by atoms with Gasteiger partial charge in [-0.15, -0.1) is 10.2 Å². The Labute approximate surface area is 161 Å². The molecule has 3 aromatic rings. The molecule has 1 aromatic heterocycles. The summed E-state index contributed by atoms with van der Waals surface area (Å²) in [5, 5.41) is 14.5. The lowest BCUT2D eigenvalue weighted by Gasteiger charge is -2.07. The van der Waals surface area contributed by atoms with Gasteiger partial charge in [0.1, 0.15) is 5.75 Å². The number of carbonyl (C=O) groups is 2. The number of hydrogen-bond acceptors (Lipinski definition) is 7. The molecule has 0 aliphatic heterocycles. The van der Waals surface area contributed by atoms with Gasteiger partial charge >= 0.3 is 5.97 Å². The number of aromatic nitrogens is 4. The molecular weight excluding hydrogens is 362 g/mol. The molecule has 9 nitrogen and oxygen atoms in total. The summed E-state index contributed by atoms with van der Waals surface area (Å²) in [6.45, 7) is -0.285. The highest BCUT2D eigenvalue weighted by Crippen LogP contribution is 2.12. The molecule has 1 heterocycles. The minimum Gasteiger partial charge on any atom is -0.497 e. The molecule has 1 N–H and O–H groups in total. The van der Waals surface area contributed by atoms with Crippen molar-refractivity contribution in [3.05, 3.63) is 60.2 Å². The van der Waals surface area contributed by atoms with E-state index in [-0.39, 0.29) is 13.2 Å². The number of rotatable bonds is 8. The van der Waals surface area contributed by atoms with Crippen LogP contribution in [0.25, 0.3) is 11.4 Å². The standard InChI is InChI=1S/C19H19N5O4/c1-27-16-9-7-14(8-10-16)11-20-17(25)13-28-18(26)12-24-22-19(21-23-24)15-5-3-2-4-6-15/h2-10H,11-13H2,1H3,(H,20,25). The molecule has 3 rings (SSSR count). The summed E-state index contributed by atoms with van der Waals surface area (Å²) in [6.07, 6.45) is 0. The highest BCUT2D eigenvalue weighted by Gasteiger charge is 2.12. The minimum atomic E-state index is -0.628. The number of ether oxygens (including phenoxy) is 2. The fourth-order valence-electron chi connectivity index (χ4n) is 2.32. The van der Waals surface area contributed by atoms with Gasteiger partial charge in [-0.3, -0.25) is 4.79 Å². The summed E-state index contributed by atoms with van der Waals surface area (Å²) in [5.74, 6) is 0.115. The van der Waals surface area contributed by atoms with Gasteiger partial charge in [-0.1, -0.05) is 42.5 Å². The zero-order chi connectivity index (χ0) is 19.8. The van der Waals surface area contributed by atoms with E-state index >= 15 is 0 Å². The lowest BCUT2D eigenvalue weighted by Crippen LogP contribution is -2.29. The molecule has 144 valence electrons. The second-order valence-electron chi connectivity index (χ2n) is 5.79. The van der Waals surface area contributed by atoms with Gasteiger partial charge in [-0.2, -0.15) is 4.80 Å². The van der Waals surface area contributed by atoms with Gasteiger partial charge in [-0.25, -0.2) is 4.79 Å². The minimum absolute atomic E-state index is 0.231. The molecule has 0 aliphatic rings. The van der Waals surface area contributed by atoms with Crippen molar-refractivity contribution in [1.29, 1.82) is 0 Å². The molecule has 28 heavy (non-hydrogen) atoms. The number of benzene rings is 2. The number of methoxy groups -OCH3 is 1. The topological polar surface area (TPSA) is 108 Å². The molecule has 0 saturated heterocycles. The van der Waals surface area contributed by atoms with Crippen molar-refractivity contribution in [2.45, 2.75) is 13.1 Å². The molecule has 0 fully saturated rings. The second-order valence-corrected chi connectivity index (χ2v) is 5.79. The Bertz CT molecular complexity index is 925. The summed E-state index contributed by atoms with van der Waals surface area (Å²) in [7, 11) is 1.59. The van der Waals surface area contributed by atoms with E-state index in [4.69, 9.17) is 9.47 Å². The lowest BCUT2D eigenvalue weighted by atomic mass is 10.2. The molecule has 0 spiro atoms. The van der Waals surface area contributed by atoms with Crippen LogP contribution in [0.2, 0.25) is 0 Å². The number of amides is 1. The molecule has 0 atom stereocenters. The monoisotopic (exact) mass is 381 g/mol. The first-order valence-corrected chi connectivity index (χ1v) is 8.52. The van der Waals surface area contributed by atoms with Crippen LogP contribution >= 0.6 is 0 Å². The largest absolute Gasteiger partial charge is 0.497 e. The van der Waals surface area contributed by atoms with Crippen LogP contribution in [0, 0.1) is 0 Å². The van der Waals surface area contributed by atoms with Gasteiger partial charge in [0.15, 0.2) is 13.2 Å². The van der Waals surface area contributed by atoms with Gasteiger partial charge < -0.3 is 14.8 Å². The Kier molecular flexibility index (Phi) is 6.29. The predicted molar refractivity (Wildman–Crippen MR) is 99.1 cm³/mol. The first-order chi connectivity index (χ1) is 13.6. The van der Waals surface area contributed by atoms with E-state index in [1.54, 1.807) is 19.2 Å². The number of hydrogen-bond donors (Lipinski definition) is 1. The van der Waals surface area contributed by atoms with Crippen LogP contribution in [-0.2, 0) is 27.4 Å². The molecule has 0 unspecified atom stereocenters. The van der Waals surface area contributed by atoms with Crippen LogP contribution in [0.3, 0.4) is 0 Å². The Hall–Kier alpha value is -3.75. The maximum Gasteiger partial charge on any atom is 0.330 e. The van der Waals surface area contributed by atoms with Crippen molar-refractivity contribution in [2.75, 3.05) is 13.7 Å². The van der Waals surface area contributed by atoms with Gasteiger partial charge in [-0.05, 0) is 22.9 Å². The molecular formula is C19H19N5O4. The third-order valence-corrected chi connectivity index (χ3v) is 3.77. The molecule has 0 bridgehead atoms. The molecule has 9 heteroatoms. The summed E-state index contributed by atoms with van der Waals surface area (Å²) in [6, 6.07) is 16.6. The van der Waals surface area contributed by atoms with Crippen molar-refractivity contribution in [1.82, 2.24) is 25.5 Å². The fourth-order valence-corrected chi connectivity index (χ4v) is 2.32. The van der Waals surface area contributed by atoms with E-state index in [9.17, 15) is 9.59 Å². The average Bonchev–Trinajstić information content (AvgIpc) is 3.20. The lowest BCUT2D eigenvalue weighted by molar-refractivity contribution is -0.149. The van der Waals surface area contributed by atoms with Crippen molar-refractivity contribution < 1.29 is 19.1 Å². The number of carbonyl (C=O) groups excluding carboxylic acids is 2. The first kappa shape index (κ1) is 19.0. The van der Waals surface area contributed by atoms with Crippen LogP contribution in [0.1, 0.15) is 5.56 Å². The van der Waals surface area contributed by atoms with E-state index in [0.29, 0.717) is 12.4 Å². The van der Waals surface area contributed by atoms with Crippen molar-refractivity contribution in [2.24, 2.45) is 0 Å². The number of nitrogens with one attached hydrogen (secondary N) is 1. The molecule has 0 aliphatic carbocycles. The van der Waals surface area contributed by atoms with E-state index in [1.807, 2.05) is 42.5 Å². The Morgan fingerprint density at radius 1 is 1.07 bits per heavy atom. The van der Waals surface area contributed by atoms with Crippen molar-refractivity contribution in [3.8, 4) is 17.1 Å². The molecule has 2 aromatic carbocycles. The van der Waals surface area contributed by atoms with Gasteiger partial charge in [0.05, 0.1) is 7.11 Å². The summed E-state index contributed by atoms with van der Waals surface area (Å²) >= 11 is 0. The highest BCUT2D eigenvalue weighted by atomic mass is 16.5. The van der Waals surface area contributed by atoms with Gasteiger partial charge in [0, 0.05) is 12.1 Å². The maximum absolute atomic E-state index is 11.9. The zero-order valence-corrected chi connectivity index (χ0v) is 15.2. The van der Waals surface area contributed by atoms with Crippen LogP contribution in [0.5, 0.6) is 5.75 Å². The normalized spacial score (nSPS) is 10.3. The Morgan fingerprint density at radius 3 is 2.54 bits per heavy atom. The van der Waals surface area contributed by atoms with E-state index in [1.165, 1.54) is 0 Å². The summed E-state index contributed by atoms with van der Waals surface area (Å²) < 4.78 is 10.0. The third kappa shape index (κ3) is 5.37. The van der Waals surface area contributed by atoms with Crippen LogP contribution < -0.4 is 10.1 Å². The quantitative estimate of drug-likeness (QED) is 0.584. The van der Waals surface area contributed by atoms with E-state index < -0.39 is 11.9 Å². The summed E-state index contributed by atoms with van der Waals surface area (Å²) in [5.41, 5.74) is 1.70. The van der Waals surface area contributed by atoms with Gasteiger partial charge in [0.2, 0.25) is 5.82 Å². The van der Waals surface area contributed by atoms with Crippen LogP contribution in [0.4, 0.5) is 0 Å². The molecule has 1 amide bonds. The smallest absolute Gasteiger partial charge is 0.330 e. The van der Waals surface area contributed by atoms with Crippen LogP contribution in [0.15, 0.2) is 54.6 Å². The first-order valence-electron chi connectivity index (χ1n) is 8.52. The van der Waals surface area contributed by atoms with Crippen LogP contribution in [-0.4, -0.2) is 45.8 Å². The number of esters is 1. The van der Waals surface area contributed by atoms with Crippen molar-refractivity contribution >= 4 is 11.9 Å². The average molecular weight is 381 g/mol. The second kappa shape index (κ2) is 9.26. The van der Waals surface area contributed by atoms with Crippen molar-refractivity contribution in [3.63, 3.8) is 0 Å².